The van der Waals surface area contributed by atoms with Crippen LogP contribution in [0, 0.1) is 5.82 Å². The molecule has 0 aliphatic rings. The Morgan fingerprint density at radius 2 is 2.30 bits per heavy atom. The molecule has 56 valence electrons. The predicted molar refractivity (Wildman–Crippen MR) is 32.4 cm³/mol. The van der Waals surface area contributed by atoms with Crippen molar-refractivity contribution in [3.05, 3.63) is 18.2 Å². The molecule has 0 aromatic carbocycles. The van der Waals surface area contributed by atoms with E-state index in [2.05, 4.69) is 5.10 Å². The van der Waals surface area contributed by atoms with Crippen molar-refractivity contribution in [2.45, 2.75) is 0 Å². The van der Waals surface area contributed by atoms with E-state index >= 15 is 0 Å². The predicted octanol–water partition coefficient (Wildman–Crippen LogP) is -0.170. The highest BCUT2D eigenvalue weighted by Gasteiger charge is 2.05. The molecule has 0 N–H and O–H groups in total. The van der Waals surface area contributed by atoms with Crippen molar-refractivity contribution >= 4 is 10.0 Å². The van der Waals surface area contributed by atoms with Crippen LogP contribution in [0.4, 0.5) is 4.39 Å². The fraction of sp³-hybridized carbons (Fsp3) is 0.250. The van der Waals surface area contributed by atoms with Gasteiger partial charge >= 0.3 is 0 Å². The summed E-state index contributed by atoms with van der Waals surface area (Å²) in [6.07, 6.45) is 2.58. The smallest absolute Gasteiger partial charge is 0.205 e. The quantitative estimate of drug-likeness (QED) is 0.579. The van der Waals surface area contributed by atoms with Crippen LogP contribution in [0.5, 0.6) is 0 Å². The van der Waals surface area contributed by atoms with Crippen LogP contribution in [-0.2, 0) is 10.0 Å². The Bertz CT molecular complexity index is 329. The molecule has 0 spiro atoms. The van der Waals surface area contributed by atoms with Crippen molar-refractivity contribution in [2.75, 3.05) is 6.26 Å². The second kappa shape index (κ2) is 2.05. The van der Waals surface area contributed by atoms with E-state index in [4.69, 9.17) is 0 Å². The van der Waals surface area contributed by atoms with Gasteiger partial charge in [-0.25, -0.2) is 12.8 Å². The number of hydrogen-bond acceptors (Lipinski definition) is 3. The Morgan fingerprint density at radius 3 is 2.50 bits per heavy atom. The summed E-state index contributed by atoms with van der Waals surface area (Å²) >= 11 is 0. The molecule has 6 heteroatoms. The van der Waals surface area contributed by atoms with Crippen LogP contribution in [-0.4, -0.2) is 23.9 Å². The topological polar surface area (TPSA) is 52.0 Å². The van der Waals surface area contributed by atoms with Crippen LogP contribution < -0.4 is 0 Å². The van der Waals surface area contributed by atoms with Gasteiger partial charge in [-0.05, 0) is 0 Å². The number of hydrogen-bond donors (Lipinski definition) is 0. The highest BCUT2D eigenvalue weighted by molar-refractivity contribution is 7.89. The second-order valence-corrected chi connectivity index (χ2v) is 3.63. The summed E-state index contributed by atoms with van der Waals surface area (Å²) < 4.78 is 33.8. The Kier molecular flexibility index (Phi) is 1.47. The molecular formula is C4H5FN2O2S. The maximum absolute atomic E-state index is 12.1. The second-order valence-electron chi connectivity index (χ2n) is 1.79. The van der Waals surface area contributed by atoms with Gasteiger partial charge in [0.15, 0.2) is 5.82 Å². The third-order valence-electron chi connectivity index (χ3n) is 0.868. The maximum Gasteiger partial charge on any atom is 0.250 e. The minimum Gasteiger partial charge on any atom is -0.205 e. The number of rotatable bonds is 1. The molecule has 0 saturated heterocycles. The van der Waals surface area contributed by atoms with Crippen LogP contribution >= 0.6 is 0 Å². The molecule has 10 heavy (non-hydrogen) atoms. The summed E-state index contributed by atoms with van der Waals surface area (Å²) in [6.45, 7) is 0. The first kappa shape index (κ1) is 7.20. The number of halogens is 1. The normalized spacial score (nSPS) is 11.8. The van der Waals surface area contributed by atoms with E-state index < -0.39 is 15.8 Å². The van der Waals surface area contributed by atoms with Gasteiger partial charge in [0.25, 0.3) is 10.0 Å². The summed E-state index contributed by atoms with van der Waals surface area (Å²) in [6, 6.07) is 0. The van der Waals surface area contributed by atoms with E-state index in [0.717, 1.165) is 18.6 Å². The Balaban J connectivity index is 3.21. The first-order valence-electron chi connectivity index (χ1n) is 2.41. The lowest BCUT2D eigenvalue weighted by Gasteiger charge is -1.92. The summed E-state index contributed by atoms with van der Waals surface area (Å²) in [5, 5.41) is 3.24. The third kappa shape index (κ3) is 1.32. The van der Waals surface area contributed by atoms with Gasteiger partial charge in [-0.15, -0.1) is 0 Å². The largest absolute Gasteiger partial charge is 0.250 e. The minimum absolute atomic E-state index is 0.572. The minimum atomic E-state index is -3.42. The Labute approximate surface area is 57.3 Å². The molecule has 1 heterocycles. The summed E-state index contributed by atoms with van der Waals surface area (Å²) in [5.41, 5.74) is 0. The molecule has 1 rings (SSSR count). The van der Waals surface area contributed by atoms with Crippen molar-refractivity contribution in [3.8, 4) is 0 Å². The average Bonchev–Trinajstić information content (AvgIpc) is 2.11. The zero-order chi connectivity index (χ0) is 7.78. The van der Waals surface area contributed by atoms with Crippen molar-refractivity contribution in [1.82, 2.24) is 9.19 Å². The maximum atomic E-state index is 12.1. The molecule has 0 aliphatic heterocycles. The molecular weight excluding hydrogens is 159 g/mol. The molecule has 1 aromatic heterocycles. The number of aromatic nitrogens is 2. The fourth-order valence-corrected chi connectivity index (χ4v) is 0.976. The molecule has 0 unspecified atom stereocenters. The monoisotopic (exact) mass is 164 g/mol. The van der Waals surface area contributed by atoms with Gasteiger partial charge < -0.3 is 0 Å². The lowest BCUT2D eigenvalue weighted by Crippen LogP contribution is -2.09. The van der Waals surface area contributed by atoms with E-state index in [9.17, 15) is 12.8 Å². The van der Waals surface area contributed by atoms with E-state index in [1.807, 2.05) is 0 Å². The summed E-state index contributed by atoms with van der Waals surface area (Å²) in [4.78, 5) is 0. The molecule has 0 bridgehead atoms. The Morgan fingerprint density at radius 1 is 1.70 bits per heavy atom. The molecule has 0 amide bonds. The average molecular weight is 164 g/mol. The molecule has 4 nitrogen and oxygen atoms in total. The standard InChI is InChI=1S/C4H5FN2O2S/c1-10(8,9)7-3-4(5)2-6-7/h2-3H,1H3. The fourth-order valence-electron chi connectivity index (χ4n) is 0.466. The Hall–Kier alpha value is -0.910. The highest BCUT2D eigenvalue weighted by Crippen LogP contribution is 1.95. The van der Waals surface area contributed by atoms with Crippen LogP contribution in [0.25, 0.3) is 0 Å². The lowest BCUT2D eigenvalue weighted by molar-refractivity contribution is 0.584. The molecule has 1 aromatic rings. The zero-order valence-electron chi connectivity index (χ0n) is 5.15. The molecule has 0 atom stereocenters. The van der Waals surface area contributed by atoms with Gasteiger partial charge in [0, 0.05) is 0 Å². The van der Waals surface area contributed by atoms with Gasteiger partial charge in [0.05, 0.1) is 18.6 Å². The van der Waals surface area contributed by atoms with Crippen LogP contribution in [0.15, 0.2) is 12.4 Å². The third-order valence-corrected chi connectivity index (χ3v) is 1.75. The van der Waals surface area contributed by atoms with Crippen molar-refractivity contribution < 1.29 is 12.8 Å². The van der Waals surface area contributed by atoms with Crippen LogP contribution in [0.1, 0.15) is 0 Å². The van der Waals surface area contributed by atoms with Crippen molar-refractivity contribution in [3.63, 3.8) is 0 Å². The van der Waals surface area contributed by atoms with Gasteiger partial charge in [-0.1, -0.05) is 0 Å². The number of nitrogens with zero attached hydrogens (tertiary/aromatic N) is 2. The van der Waals surface area contributed by atoms with Gasteiger partial charge in [0.1, 0.15) is 0 Å². The van der Waals surface area contributed by atoms with Gasteiger partial charge in [0.2, 0.25) is 0 Å². The van der Waals surface area contributed by atoms with Crippen molar-refractivity contribution in [1.29, 1.82) is 0 Å². The van der Waals surface area contributed by atoms with E-state index in [1.165, 1.54) is 0 Å². The SMILES string of the molecule is CS(=O)(=O)n1cc(F)cn1. The zero-order valence-corrected chi connectivity index (χ0v) is 5.97. The van der Waals surface area contributed by atoms with E-state index in [1.54, 1.807) is 0 Å². The van der Waals surface area contributed by atoms with Gasteiger partial charge in [-0.3, -0.25) is 0 Å². The molecule has 0 saturated carbocycles. The lowest BCUT2D eigenvalue weighted by atomic mass is 10.7. The van der Waals surface area contributed by atoms with Crippen molar-refractivity contribution in [2.24, 2.45) is 0 Å². The van der Waals surface area contributed by atoms with Crippen LogP contribution in [0.2, 0.25) is 0 Å². The first-order valence-corrected chi connectivity index (χ1v) is 4.26. The highest BCUT2D eigenvalue weighted by atomic mass is 32.2. The van der Waals surface area contributed by atoms with Crippen LogP contribution in [0.3, 0.4) is 0 Å². The molecule has 0 aliphatic carbocycles. The van der Waals surface area contributed by atoms with Gasteiger partial charge in [-0.2, -0.15) is 9.19 Å². The van der Waals surface area contributed by atoms with E-state index in [0.29, 0.717) is 4.09 Å². The molecule has 0 fully saturated rings. The first-order chi connectivity index (χ1) is 4.50. The van der Waals surface area contributed by atoms with E-state index in [-0.39, 0.29) is 0 Å². The summed E-state index contributed by atoms with van der Waals surface area (Å²) in [5.74, 6) is -0.662. The molecule has 0 radical (unpaired) electrons. The summed E-state index contributed by atoms with van der Waals surface area (Å²) in [7, 11) is -3.42.